The van der Waals surface area contributed by atoms with E-state index in [1.165, 1.54) is 0 Å². The van der Waals surface area contributed by atoms with Crippen LogP contribution in [0.2, 0.25) is 0 Å². The Hall–Kier alpha value is -1.67. The highest BCUT2D eigenvalue weighted by Crippen LogP contribution is 2.27. The molecule has 0 saturated carbocycles. The van der Waals surface area contributed by atoms with Crippen molar-refractivity contribution in [3.8, 4) is 0 Å². The number of carbonyl (C=O) groups is 1. The molecule has 0 bridgehead atoms. The van der Waals surface area contributed by atoms with Crippen LogP contribution in [0.15, 0.2) is 18.3 Å². The van der Waals surface area contributed by atoms with Crippen molar-refractivity contribution in [1.82, 2.24) is 14.8 Å². The third-order valence-electron chi connectivity index (χ3n) is 4.39. The Labute approximate surface area is 139 Å². The monoisotopic (exact) mass is 345 g/mol. The second kappa shape index (κ2) is 7.48. The lowest BCUT2D eigenvalue weighted by atomic mass is 10.0. The van der Waals surface area contributed by atoms with Gasteiger partial charge >= 0.3 is 6.18 Å². The summed E-state index contributed by atoms with van der Waals surface area (Å²) >= 11 is 0. The van der Waals surface area contributed by atoms with Gasteiger partial charge in [0.2, 0.25) is 0 Å². The molecule has 1 aliphatic heterocycles. The molecule has 1 aromatic heterocycles. The fourth-order valence-corrected chi connectivity index (χ4v) is 2.86. The van der Waals surface area contributed by atoms with Crippen molar-refractivity contribution in [2.45, 2.75) is 25.1 Å². The molecular formula is C16H22F3N3O2. The highest BCUT2D eigenvalue weighted by atomic mass is 19.4. The molecular weight excluding hydrogens is 323 g/mol. The Morgan fingerprint density at radius 2 is 2.04 bits per heavy atom. The van der Waals surface area contributed by atoms with Crippen molar-refractivity contribution in [2.75, 3.05) is 33.8 Å². The number of halogens is 3. The molecule has 0 aromatic carbocycles. The van der Waals surface area contributed by atoms with Gasteiger partial charge in [-0.15, -0.1) is 0 Å². The van der Waals surface area contributed by atoms with Crippen LogP contribution in [0.4, 0.5) is 13.2 Å². The normalized spacial score (nSPS) is 22.5. The zero-order valence-corrected chi connectivity index (χ0v) is 13.8. The lowest BCUT2D eigenvalue weighted by Crippen LogP contribution is -2.42. The first-order valence-corrected chi connectivity index (χ1v) is 7.82. The van der Waals surface area contributed by atoms with Crippen LogP contribution >= 0.6 is 0 Å². The SMILES string of the molecule is CN(C)[C@@H]1CC[C@H](CO)CN(C(=O)c2ccc(C(F)(F)F)nc2)C1. The van der Waals surface area contributed by atoms with Crippen LogP contribution in [0.3, 0.4) is 0 Å². The molecule has 2 atom stereocenters. The van der Waals surface area contributed by atoms with E-state index in [1.807, 2.05) is 19.0 Å². The summed E-state index contributed by atoms with van der Waals surface area (Å²) < 4.78 is 37.7. The van der Waals surface area contributed by atoms with Crippen molar-refractivity contribution in [3.63, 3.8) is 0 Å². The number of likely N-dealkylation sites (tertiary alicyclic amines) is 1. The third-order valence-corrected chi connectivity index (χ3v) is 4.39. The number of aliphatic hydroxyl groups is 1. The van der Waals surface area contributed by atoms with Crippen molar-refractivity contribution >= 4 is 5.91 Å². The molecule has 134 valence electrons. The molecule has 1 fully saturated rings. The number of likely N-dealkylation sites (N-methyl/N-ethyl adjacent to an activating group) is 1. The van der Waals surface area contributed by atoms with Crippen LogP contribution in [-0.2, 0) is 6.18 Å². The number of alkyl halides is 3. The van der Waals surface area contributed by atoms with E-state index in [4.69, 9.17) is 0 Å². The van der Waals surface area contributed by atoms with Crippen molar-refractivity contribution < 1.29 is 23.1 Å². The molecule has 1 amide bonds. The first-order valence-electron chi connectivity index (χ1n) is 7.82. The maximum atomic E-state index is 12.6. The summed E-state index contributed by atoms with van der Waals surface area (Å²) in [6.45, 7) is 0.846. The Kier molecular flexibility index (Phi) is 5.82. The van der Waals surface area contributed by atoms with Gasteiger partial charge in [-0.3, -0.25) is 9.78 Å². The van der Waals surface area contributed by atoms with Crippen LogP contribution < -0.4 is 0 Å². The zero-order chi connectivity index (χ0) is 17.9. The Balaban J connectivity index is 2.19. The molecule has 8 heteroatoms. The van der Waals surface area contributed by atoms with E-state index in [9.17, 15) is 23.1 Å². The van der Waals surface area contributed by atoms with Gasteiger partial charge in [-0.2, -0.15) is 13.2 Å². The molecule has 0 unspecified atom stereocenters. The van der Waals surface area contributed by atoms with Crippen LogP contribution in [0.5, 0.6) is 0 Å². The van der Waals surface area contributed by atoms with Crippen LogP contribution in [0.25, 0.3) is 0 Å². The molecule has 0 radical (unpaired) electrons. The number of nitrogens with zero attached hydrogens (tertiary/aromatic N) is 3. The Morgan fingerprint density at radius 1 is 1.33 bits per heavy atom. The molecule has 1 aromatic rings. The lowest BCUT2D eigenvalue weighted by molar-refractivity contribution is -0.141. The highest BCUT2D eigenvalue weighted by molar-refractivity contribution is 5.94. The Morgan fingerprint density at radius 3 is 2.54 bits per heavy atom. The molecule has 1 N–H and O–H groups in total. The highest BCUT2D eigenvalue weighted by Gasteiger charge is 2.33. The van der Waals surface area contributed by atoms with Gasteiger partial charge in [0.05, 0.1) is 5.56 Å². The van der Waals surface area contributed by atoms with Crippen molar-refractivity contribution in [2.24, 2.45) is 5.92 Å². The lowest BCUT2D eigenvalue weighted by Gasteiger charge is -2.29. The van der Waals surface area contributed by atoms with E-state index in [1.54, 1.807) is 4.90 Å². The minimum atomic E-state index is -4.53. The number of carbonyl (C=O) groups excluding carboxylic acids is 1. The quantitative estimate of drug-likeness (QED) is 0.909. The summed E-state index contributed by atoms with van der Waals surface area (Å²) in [6, 6.07) is 2.12. The average molecular weight is 345 g/mol. The number of pyridine rings is 1. The van der Waals surface area contributed by atoms with Gasteiger partial charge in [-0.1, -0.05) is 0 Å². The molecule has 5 nitrogen and oxygen atoms in total. The summed E-state index contributed by atoms with van der Waals surface area (Å²) in [7, 11) is 3.85. The number of rotatable bonds is 3. The third kappa shape index (κ3) is 4.45. The second-order valence-electron chi connectivity index (χ2n) is 6.38. The van der Waals surface area contributed by atoms with E-state index >= 15 is 0 Å². The molecule has 2 heterocycles. The molecule has 2 rings (SSSR count). The standard InChI is InChI=1S/C16H22F3N3O2/c1-21(2)13-5-3-11(10-23)8-22(9-13)15(24)12-4-6-14(20-7-12)16(17,18)19/h4,6-7,11,13,23H,3,5,8-10H2,1-2H3/t11-,13+/m0/s1. The number of aliphatic hydroxyl groups excluding tert-OH is 1. The summed E-state index contributed by atoms with van der Waals surface area (Å²) in [6.07, 6.45) is -1.90. The number of amides is 1. The van der Waals surface area contributed by atoms with Gasteiger partial charge in [0.1, 0.15) is 5.69 Å². The molecule has 24 heavy (non-hydrogen) atoms. The van der Waals surface area contributed by atoms with E-state index in [0.29, 0.717) is 13.1 Å². The smallest absolute Gasteiger partial charge is 0.396 e. The first kappa shape index (κ1) is 18.7. The van der Waals surface area contributed by atoms with E-state index < -0.39 is 11.9 Å². The largest absolute Gasteiger partial charge is 0.433 e. The van der Waals surface area contributed by atoms with Gasteiger partial charge < -0.3 is 14.9 Å². The first-order chi connectivity index (χ1) is 11.2. The summed E-state index contributed by atoms with van der Waals surface area (Å²) in [5.74, 6) is -0.385. The molecule has 1 saturated heterocycles. The fraction of sp³-hybridized carbons (Fsp3) is 0.625. The second-order valence-corrected chi connectivity index (χ2v) is 6.38. The van der Waals surface area contributed by atoms with Crippen molar-refractivity contribution in [3.05, 3.63) is 29.6 Å². The fourth-order valence-electron chi connectivity index (χ4n) is 2.86. The topological polar surface area (TPSA) is 56.7 Å². The van der Waals surface area contributed by atoms with Gasteiger partial charge in [0.25, 0.3) is 5.91 Å². The number of hydrogen-bond donors (Lipinski definition) is 1. The van der Waals surface area contributed by atoms with Crippen LogP contribution in [0.1, 0.15) is 28.9 Å². The van der Waals surface area contributed by atoms with E-state index in [0.717, 1.165) is 31.2 Å². The predicted octanol–water partition coefficient (Wildman–Crippen LogP) is 1.88. The Bertz CT molecular complexity index is 561. The summed E-state index contributed by atoms with van der Waals surface area (Å²) in [5, 5.41) is 9.45. The van der Waals surface area contributed by atoms with E-state index in [-0.39, 0.29) is 30.0 Å². The molecule has 0 aliphatic carbocycles. The minimum Gasteiger partial charge on any atom is -0.396 e. The maximum absolute atomic E-state index is 12.6. The van der Waals surface area contributed by atoms with E-state index in [2.05, 4.69) is 4.98 Å². The maximum Gasteiger partial charge on any atom is 0.433 e. The number of hydrogen-bond acceptors (Lipinski definition) is 4. The average Bonchev–Trinajstić information content (AvgIpc) is 2.76. The molecule has 0 spiro atoms. The zero-order valence-electron chi connectivity index (χ0n) is 13.8. The van der Waals surface area contributed by atoms with Gasteiger partial charge in [0.15, 0.2) is 0 Å². The molecule has 1 aliphatic rings. The van der Waals surface area contributed by atoms with Crippen LogP contribution in [-0.4, -0.2) is 65.6 Å². The predicted molar refractivity (Wildman–Crippen MR) is 82.4 cm³/mol. The van der Waals surface area contributed by atoms with Gasteiger partial charge in [-0.25, -0.2) is 0 Å². The summed E-state index contributed by atoms with van der Waals surface area (Å²) in [5.41, 5.74) is -0.895. The van der Waals surface area contributed by atoms with Gasteiger partial charge in [-0.05, 0) is 45.0 Å². The minimum absolute atomic E-state index is 0.0187. The van der Waals surface area contributed by atoms with Crippen LogP contribution in [0, 0.1) is 5.92 Å². The number of aromatic nitrogens is 1. The van der Waals surface area contributed by atoms with Gasteiger partial charge in [0, 0.05) is 31.9 Å². The summed E-state index contributed by atoms with van der Waals surface area (Å²) in [4.78, 5) is 19.6. The van der Waals surface area contributed by atoms with Crippen molar-refractivity contribution in [1.29, 1.82) is 0 Å².